The van der Waals surface area contributed by atoms with Crippen LogP contribution in [0.5, 0.6) is 17.2 Å². The maximum atomic E-state index is 13.7. The number of rotatable bonds is 13. The maximum Gasteiger partial charge on any atom is 0.309 e. The van der Waals surface area contributed by atoms with Crippen LogP contribution in [0.4, 0.5) is 5.69 Å². The summed E-state index contributed by atoms with van der Waals surface area (Å²) in [6.45, 7) is 11.6. The van der Waals surface area contributed by atoms with Crippen LogP contribution in [0.1, 0.15) is 67.5 Å². The van der Waals surface area contributed by atoms with Crippen molar-refractivity contribution in [3.8, 4) is 17.2 Å². The van der Waals surface area contributed by atoms with Crippen molar-refractivity contribution in [3.63, 3.8) is 0 Å². The van der Waals surface area contributed by atoms with Crippen molar-refractivity contribution in [2.24, 2.45) is 5.92 Å². The second-order valence-corrected chi connectivity index (χ2v) is 12.0. The molecule has 1 unspecified atom stereocenters. The molecule has 2 aliphatic heterocycles. The van der Waals surface area contributed by atoms with Crippen molar-refractivity contribution in [2.75, 3.05) is 38.4 Å². The van der Waals surface area contributed by atoms with Gasteiger partial charge in [-0.05, 0) is 80.1 Å². The number of amides is 1. The third kappa shape index (κ3) is 7.43. The van der Waals surface area contributed by atoms with Gasteiger partial charge in [0.15, 0.2) is 11.5 Å². The lowest BCUT2D eigenvalue weighted by Gasteiger charge is -2.27. The van der Waals surface area contributed by atoms with E-state index >= 15 is 0 Å². The van der Waals surface area contributed by atoms with Crippen LogP contribution in [0, 0.1) is 12.8 Å². The van der Waals surface area contributed by atoms with Crippen molar-refractivity contribution in [1.82, 2.24) is 4.90 Å². The number of nitrogens with one attached hydrogen (secondary N) is 1. The molecule has 0 spiro atoms. The Bertz CT molecular complexity index is 1480. The Morgan fingerprint density at radius 1 is 0.956 bits per heavy atom. The van der Waals surface area contributed by atoms with Gasteiger partial charge in [0.2, 0.25) is 12.7 Å². The van der Waals surface area contributed by atoms with Gasteiger partial charge in [0.05, 0.1) is 25.2 Å². The van der Waals surface area contributed by atoms with Gasteiger partial charge in [0.25, 0.3) is 0 Å². The lowest BCUT2D eigenvalue weighted by atomic mass is 9.82. The van der Waals surface area contributed by atoms with Gasteiger partial charge in [0, 0.05) is 24.2 Å². The SMILES string of the molecule is CCc1cc(C)cc(CC)c1NC(=O)CN1C[C@H](c2ccc3c(c2)OCO3)C(C(=O)O)[C@@H]1c1ccc(OCCOC(C)C)cc1. The minimum atomic E-state index is -0.920. The fourth-order valence-corrected chi connectivity index (χ4v) is 6.50. The van der Waals surface area contributed by atoms with Crippen LogP contribution >= 0.6 is 0 Å². The first-order chi connectivity index (χ1) is 21.7. The fourth-order valence-electron chi connectivity index (χ4n) is 6.50. The summed E-state index contributed by atoms with van der Waals surface area (Å²) in [6, 6.07) is 16.8. The van der Waals surface area contributed by atoms with Gasteiger partial charge in [-0.1, -0.05) is 49.7 Å². The summed E-state index contributed by atoms with van der Waals surface area (Å²) < 4.78 is 22.5. The number of aryl methyl sites for hydroxylation is 3. The second-order valence-electron chi connectivity index (χ2n) is 12.0. The predicted octanol–water partition coefficient (Wildman–Crippen LogP) is 6.13. The van der Waals surface area contributed by atoms with Crippen molar-refractivity contribution >= 4 is 17.6 Å². The topological polar surface area (TPSA) is 107 Å². The number of aliphatic carboxylic acids is 1. The Morgan fingerprint density at radius 3 is 2.27 bits per heavy atom. The predicted molar refractivity (Wildman–Crippen MR) is 172 cm³/mol. The van der Waals surface area contributed by atoms with Gasteiger partial charge < -0.3 is 29.4 Å². The van der Waals surface area contributed by atoms with Crippen molar-refractivity contribution < 1.29 is 33.6 Å². The van der Waals surface area contributed by atoms with E-state index < -0.39 is 17.9 Å². The molecule has 240 valence electrons. The molecule has 9 heteroatoms. The van der Waals surface area contributed by atoms with E-state index in [1.165, 1.54) is 0 Å². The second kappa shape index (κ2) is 14.3. The molecular weight excluding hydrogens is 572 g/mol. The smallest absolute Gasteiger partial charge is 0.309 e. The Morgan fingerprint density at radius 2 is 1.62 bits per heavy atom. The lowest BCUT2D eigenvalue weighted by molar-refractivity contribution is -0.143. The van der Waals surface area contributed by atoms with Gasteiger partial charge in [-0.15, -0.1) is 0 Å². The highest BCUT2D eigenvalue weighted by atomic mass is 16.7. The van der Waals surface area contributed by atoms with E-state index in [0.717, 1.165) is 46.3 Å². The molecule has 5 rings (SSSR count). The number of carbonyl (C=O) groups is 2. The van der Waals surface area contributed by atoms with Crippen molar-refractivity contribution in [3.05, 3.63) is 82.4 Å². The number of ether oxygens (including phenoxy) is 4. The van der Waals surface area contributed by atoms with Crippen molar-refractivity contribution in [2.45, 2.75) is 65.5 Å². The fraction of sp³-hybridized carbons (Fsp3) is 0.444. The third-order valence-corrected chi connectivity index (χ3v) is 8.55. The Kier molecular flexibility index (Phi) is 10.3. The van der Waals surface area contributed by atoms with Crippen LogP contribution in [0.15, 0.2) is 54.6 Å². The van der Waals surface area contributed by atoms with E-state index in [-0.39, 0.29) is 31.3 Å². The molecule has 0 bridgehead atoms. The molecule has 1 amide bonds. The summed E-state index contributed by atoms with van der Waals surface area (Å²) >= 11 is 0. The Hall–Kier alpha value is -4.08. The van der Waals surface area contributed by atoms with Gasteiger partial charge in [-0.3, -0.25) is 14.5 Å². The van der Waals surface area contributed by atoms with E-state index in [0.29, 0.717) is 37.0 Å². The molecule has 0 radical (unpaired) electrons. The van der Waals surface area contributed by atoms with Crippen LogP contribution in [0.2, 0.25) is 0 Å². The van der Waals surface area contributed by atoms with E-state index in [2.05, 4.69) is 38.2 Å². The summed E-state index contributed by atoms with van der Waals surface area (Å²) in [5.41, 5.74) is 5.85. The molecule has 2 heterocycles. The zero-order valence-corrected chi connectivity index (χ0v) is 26.8. The molecule has 3 atom stereocenters. The maximum absolute atomic E-state index is 13.7. The normalized spacial score (nSPS) is 19.2. The van der Waals surface area contributed by atoms with Crippen LogP contribution in [0.25, 0.3) is 0 Å². The molecule has 45 heavy (non-hydrogen) atoms. The summed E-state index contributed by atoms with van der Waals surface area (Å²) in [5, 5.41) is 13.8. The zero-order valence-electron chi connectivity index (χ0n) is 26.8. The molecule has 0 saturated carbocycles. The zero-order chi connectivity index (χ0) is 32.1. The number of anilines is 1. The van der Waals surface area contributed by atoms with E-state index in [9.17, 15) is 14.7 Å². The third-order valence-electron chi connectivity index (χ3n) is 8.55. The molecular formula is C36H44N2O7. The first-order valence-corrected chi connectivity index (χ1v) is 15.8. The van der Waals surface area contributed by atoms with E-state index in [1.54, 1.807) is 0 Å². The van der Waals surface area contributed by atoms with Gasteiger partial charge >= 0.3 is 5.97 Å². The number of carboxylic acid groups (broad SMARTS) is 1. The number of nitrogens with zero attached hydrogens (tertiary/aromatic N) is 1. The standard InChI is InChI=1S/C36H44N2O7/c1-6-24-16-23(5)17-25(7-2)34(24)37-32(39)20-38-19-29(27-10-13-30-31(18-27)45-21-44-30)33(36(40)41)35(38)26-8-11-28(12-9-26)43-15-14-42-22(3)4/h8-13,16-18,22,29,33,35H,6-7,14-15,19-21H2,1-5H3,(H,37,39)(H,40,41)/t29-,33?,35+/m1/s1. The largest absolute Gasteiger partial charge is 0.491 e. The molecule has 1 fully saturated rings. The highest BCUT2D eigenvalue weighted by molar-refractivity contribution is 5.94. The Labute approximate surface area is 265 Å². The van der Waals surface area contributed by atoms with Crippen LogP contribution in [-0.4, -0.2) is 61.1 Å². The minimum absolute atomic E-state index is 0.0421. The number of hydrogen-bond donors (Lipinski definition) is 2. The lowest BCUT2D eigenvalue weighted by Crippen LogP contribution is -2.35. The van der Waals surface area contributed by atoms with Gasteiger partial charge in [-0.25, -0.2) is 0 Å². The van der Waals surface area contributed by atoms with Crippen LogP contribution < -0.4 is 19.5 Å². The number of fused-ring (bicyclic) bond motifs is 1. The summed E-state index contributed by atoms with van der Waals surface area (Å²) in [4.78, 5) is 28.7. The molecule has 2 aliphatic rings. The first kappa shape index (κ1) is 32.3. The summed E-state index contributed by atoms with van der Waals surface area (Å²) in [6.07, 6.45) is 1.71. The average Bonchev–Trinajstić information content (AvgIpc) is 3.64. The quantitative estimate of drug-likeness (QED) is 0.221. The minimum Gasteiger partial charge on any atom is -0.491 e. The molecule has 2 N–H and O–H groups in total. The highest BCUT2D eigenvalue weighted by Gasteiger charge is 2.48. The van der Waals surface area contributed by atoms with Crippen LogP contribution in [-0.2, 0) is 27.2 Å². The number of hydrogen-bond acceptors (Lipinski definition) is 7. The number of likely N-dealkylation sites (tertiary alicyclic amines) is 1. The van der Waals surface area contributed by atoms with Crippen LogP contribution in [0.3, 0.4) is 0 Å². The summed E-state index contributed by atoms with van der Waals surface area (Å²) in [7, 11) is 0. The summed E-state index contributed by atoms with van der Waals surface area (Å²) in [5.74, 6) is -0.359. The van der Waals surface area contributed by atoms with E-state index in [1.807, 2.05) is 61.2 Å². The van der Waals surface area contributed by atoms with Crippen molar-refractivity contribution in [1.29, 1.82) is 0 Å². The first-order valence-electron chi connectivity index (χ1n) is 15.8. The molecule has 0 aliphatic carbocycles. The average molecular weight is 617 g/mol. The monoisotopic (exact) mass is 616 g/mol. The molecule has 3 aromatic carbocycles. The molecule has 1 saturated heterocycles. The van der Waals surface area contributed by atoms with Gasteiger partial charge in [0.1, 0.15) is 12.4 Å². The molecule has 3 aromatic rings. The number of benzene rings is 3. The number of carbonyl (C=O) groups excluding carboxylic acids is 1. The number of carboxylic acids is 1. The van der Waals surface area contributed by atoms with Gasteiger partial charge in [-0.2, -0.15) is 0 Å². The molecule has 9 nitrogen and oxygen atoms in total. The highest BCUT2D eigenvalue weighted by Crippen LogP contribution is 2.47. The van der Waals surface area contributed by atoms with E-state index in [4.69, 9.17) is 18.9 Å². The Balaban J connectivity index is 1.43. The molecule has 0 aromatic heterocycles.